The van der Waals surface area contributed by atoms with Gasteiger partial charge in [-0.15, -0.1) is 0 Å². The largest absolute Gasteiger partial charge is 0.486 e. The molecule has 0 spiro atoms. The molecule has 0 unspecified atom stereocenters. The maximum Gasteiger partial charge on any atom is 0.313 e. The molecule has 7 heteroatoms. The van der Waals surface area contributed by atoms with Gasteiger partial charge in [0.15, 0.2) is 5.82 Å². The van der Waals surface area contributed by atoms with E-state index in [0.29, 0.717) is 21.6 Å². The molecule has 0 fully saturated rings. The van der Waals surface area contributed by atoms with E-state index in [2.05, 4.69) is 9.97 Å². The Bertz CT molecular complexity index is 635. The summed E-state index contributed by atoms with van der Waals surface area (Å²) in [6.45, 7) is 2.04. The summed E-state index contributed by atoms with van der Waals surface area (Å²) in [5, 5.41) is 9.95. The summed E-state index contributed by atoms with van der Waals surface area (Å²) in [5.74, 6) is 0.269. The van der Waals surface area contributed by atoms with E-state index in [-0.39, 0.29) is 12.4 Å². The minimum atomic E-state index is -0.879. The van der Waals surface area contributed by atoms with Crippen LogP contribution in [-0.4, -0.2) is 26.8 Å². The van der Waals surface area contributed by atoms with Gasteiger partial charge in [0.05, 0.1) is 5.75 Å². The number of aromatic nitrogens is 2. The molecule has 0 amide bonds. The van der Waals surface area contributed by atoms with Crippen LogP contribution in [0, 0.1) is 6.92 Å². The number of benzene rings is 1. The van der Waals surface area contributed by atoms with Crippen LogP contribution in [0.3, 0.4) is 0 Å². The first-order chi connectivity index (χ1) is 10.0. The van der Waals surface area contributed by atoms with Crippen molar-refractivity contribution in [3.05, 3.63) is 46.9 Å². The molecule has 0 saturated heterocycles. The maximum absolute atomic E-state index is 10.6. The second-order valence-corrected chi connectivity index (χ2v) is 5.62. The maximum atomic E-state index is 10.6. The molecule has 2 aromatic rings. The Morgan fingerprint density at radius 2 is 2.05 bits per heavy atom. The number of hydrogen-bond donors (Lipinski definition) is 1. The molecule has 1 aromatic carbocycles. The molecule has 110 valence electrons. The van der Waals surface area contributed by atoms with Crippen LogP contribution < -0.4 is 4.74 Å². The van der Waals surface area contributed by atoms with Gasteiger partial charge in [-0.2, -0.15) is 0 Å². The number of rotatable bonds is 6. The highest BCUT2D eigenvalue weighted by Crippen LogP contribution is 2.18. The Morgan fingerprint density at radius 1 is 1.33 bits per heavy atom. The van der Waals surface area contributed by atoms with Crippen molar-refractivity contribution >= 4 is 29.3 Å². The Morgan fingerprint density at radius 3 is 2.71 bits per heavy atom. The van der Waals surface area contributed by atoms with E-state index in [1.165, 1.54) is 0 Å². The van der Waals surface area contributed by atoms with Crippen molar-refractivity contribution in [2.24, 2.45) is 0 Å². The van der Waals surface area contributed by atoms with Crippen LogP contribution in [0.1, 0.15) is 11.5 Å². The van der Waals surface area contributed by atoms with E-state index in [0.717, 1.165) is 17.5 Å². The lowest BCUT2D eigenvalue weighted by molar-refractivity contribution is -0.133. The number of carboxylic acid groups (broad SMARTS) is 1. The van der Waals surface area contributed by atoms with Crippen LogP contribution in [-0.2, 0) is 11.4 Å². The highest BCUT2D eigenvalue weighted by atomic mass is 35.5. The number of carbonyl (C=O) groups is 1. The summed E-state index contributed by atoms with van der Waals surface area (Å²) in [5.41, 5.74) is 0.771. The molecule has 0 aliphatic heterocycles. The molecule has 0 saturated carbocycles. The number of halogens is 1. The molecule has 0 bridgehead atoms. The van der Waals surface area contributed by atoms with E-state index in [1.807, 2.05) is 6.92 Å². The van der Waals surface area contributed by atoms with Crippen LogP contribution >= 0.6 is 23.4 Å². The van der Waals surface area contributed by atoms with Crippen LogP contribution in [0.15, 0.2) is 35.4 Å². The normalized spacial score (nSPS) is 10.4. The van der Waals surface area contributed by atoms with Gasteiger partial charge >= 0.3 is 5.97 Å². The molecule has 1 heterocycles. The molecular weight excluding hydrogens is 312 g/mol. The van der Waals surface area contributed by atoms with Crippen LogP contribution in [0.4, 0.5) is 0 Å². The van der Waals surface area contributed by atoms with Crippen molar-refractivity contribution in [3.63, 3.8) is 0 Å². The van der Waals surface area contributed by atoms with Gasteiger partial charge in [-0.3, -0.25) is 4.79 Å². The van der Waals surface area contributed by atoms with Crippen molar-refractivity contribution in [3.8, 4) is 5.75 Å². The van der Waals surface area contributed by atoms with Crippen molar-refractivity contribution in [2.45, 2.75) is 18.6 Å². The lowest BCUT2D eigenvalue weighted by atomic mass is 10.3. The van der Waals surface area contributed by atoms with Crippen LogP contribution in [0.25, 0.3) is 0 Å². The first kappa shape index (κ1) is 15.6. The molecule has 0 atom stereocenters. The Hall–Kier alpha value is -1.79. The highest BCUT2D eigenvalue weighted by molar-refractivity contribution is 7.99. The standard InChI is InChI=1S/C14H13ClN2O3S/c1-9-6-13(21-8-14(18)19)17-12(16-9)7-20-11-4-2-10(15)3-5-11/h2-6H,7-8H2,1H3,(H,18,19). The van der Waals surface area contributed by atoms with E-state index in [4.69, 9.17) is 21.4 Å². The molecule has 21 heavy (non-hydrogen) atoms. The van der Waals surface area contributed by atoms with Gasteiger partial charge in [-0.05, 0) is 37.3 Å². The van der Waals surface area contributed by atoms with Crippen LogP contribution in [0.5, 0.6) is 5.75 Å². The summed E-state index contributed by atoms with van der Waals surface area (Å²) < 4.78 is 5.57. The number of aryl methyl sites for hydroxylation is 1. The third-order valence-electron chi connectivity index (χ3n) is 2.40. The Labute approximate surface area is 131 Å². The van der Waals surface area contributed by atoms with Crippen molar-refractivity contribution in [2.75, 3.05) is 5.75 Å². The van der Waals surface area contributed by atoms with Gasteiger partial charge in [0.1, 0.15) is 17.4 Å². The fraction of sp³-hybridized carbons (Fsp3) is 0.214. The average Bonchev–Trinajstić information content (AvgIpc) is 2.44. The predicted octanol–water partition coefficient (Wildman–Crippen LogP) is 3.19. The van der Waals surface area contributed by atoms with E-state index in [9.17, 15) is 4.79 Å². The van der Waals surface area contributed by atoms with Gasteiger partial charge in [-0.25, -0.2) is 9.97 Å². The summed E-state index contributed by atoms with van der Waals surface area (Å²) in [7, 11) is 0. The summed E-state index contributed by atoms with van der Waals surface area (Å²) >= 11 is 6.96. The SMILES string of the molecule is Cc1cc(SCC(=O)O)nc(COc2ccc(Cl)cc2)n1. The number of carboxylic acids is 1. The Balaban J connectivity index is 2.02. The van der Waals surface area contributed by atoms with Crippen molar-refractivity contribution < 1.29 is 14.6 Å². The average molecular weight is 325 g/mol. The molecule has 2 rings (SSSR count). The Kier molecular flexibility index (Phi) is 5.41. The predicted molar refractivity (Wildman–Crippen MR) is 80.9 cm³/mol. The number of thioether (sulfide) groups is 1. The number of ether oxygens (including phenoxy) is 1. The minimum absolute atomic E-state index is 0.0338. The highest BCUT2D eigenvalue weighted by Gasteiger charge is 2.06. The zero-order chi connectivity index (χ0) is 15.2. The topological polar surface area (TPSA) is 72.3 Å². The first-order valence-corrected chi connectivity index (χ1v) is 7.47. The molecule has 0 aliphatic rings. The van der Waals surface area contributed by atoms with Crippen molar-refractivity contribution in [1.29, 1.82) is 0 Å². The second kappa shape index (κ2) is 7.28. The molecule has 0 aliphatic carbocycles. The molecule has 1 N–H and O–H groups in total. The summed E-state index contributed by atoms with van der Waals surface area (Å²) in [6, 6.07) is 8.75. The van der Waals surface area contributed by atoms with Gasteiger partial charge in [0.2, 0.25) is 0 Å². The fourth-order valence-corrected chi connectivity index (χ4v) is 2.37. The minimum Gasteiger partial charge on any atom is -0.486 e. The second-order valence-electron chi connectivity index (χ2n) is 4.19. The third-order valence-corrected chi connectivity index (χ3v) is 3.55. The number of aliphatic carboxylic acids is 1. The van der Waals surface area contributed by atoms with Gasteiger partial charge in [-0.1, -0.05) is 23.4 Å². The van der Waals surface area contributed by atoms with Gasteiger partial charge < -0.3 is 9.84 Å². The summed E-state index contributed by atoms with van der Waals surface area (Å²) in [4.78, 5) is 19.1. The lowest BCUT2D eigenvalue weighted by Crippen LogP contribution is -2.05. The molecule has 5 nitrogen and oxygen atoms in total. The number of nitrogens with zero attached hydrogens (tertiary/aromatic N) is 2. The quantitative estimate of drug-likeness (QED) is 0.650. The van der Waals surface area contributed by atoms with E-state index < -0.39 is 5.97 Å². The van der Waals surface area contributed by atoms with Crippen LogP contribution in [0.2, 0.25) is 5.02 Å². The monoisotopic (exact) mass is 324 g/mol. The van der Waals surface area contributed by atoms with Crippen molar-refractivity contribution in [1.82, 2.24) is 9.97 Å². The smallest absolute Gasteiger partial charge is 0.313 e. The zero-order valence-corrected chi connectivity index (χ0v) is 12.8. The zero-order valence-electron chi connectivity index (χ0n) is 11.2. The molecular formula is C14H13ClN2O3S. The number of hydrogen-bond acceptors (Lipinski definition) is 5. The summed E-state index contributed by atoms with van der Waals surface area (Å²) in [6.07, 6.45) is 0. The lowest BCUT2D eigenvalue weighted by Gasteiger charge is -2.07. The van der Waals surface area contributed by atoms with Gasteiger partial charge in [0.25, 0.3) is 0 Å². The molecule has 1 aromatic heterocycles. The van der Waals surface area contributed by atoms with E-state index in [1.54, 1.807) is 30.3 Å². The third kappa shape index (κ3) is 5.24. The fourth-order valence-electron chi connectivity index (χ4n) is 1.55. The van der Waals surface area contributed by atoms with Gasteiger partial charge in [0, 0.05) is 10.7 Å². The van der Waals surface area contributed by atoms with E-state index >= 15 is 0 Å². The molecule has 0 radical (unpaired) electrons. The first-order valence-electron chi connectivity index (χ1n) is 6.10.